The van der Waals surface area contributed by atoms with Gasteiger partial charge in [-0.25, -0.2) is 4.98 Å². The lowest BCUT2D eigenvalue weighted by molar-refractivity contribution is -0.152. The van der Waals surface area contributed by atoms with Crippen molar-refractivity contribution in [3.8, 4) is 17.4 Å². The fourth-order valence-corrected chi connectivity index (χ4v) is 2.90. The summed E-state index contributed by atoms with van der Waals surface area (Å²) in [7, 11) is 0. The van der Waals surface area contributed by atoms with Crippen LogP contribution in [0, 0.1) is 0 Å². The van der Waals surface area contributed by atoms with Gasteiger partial charge in [-0.3, -0.25) is 4.79 Å². The van der Waals surface area contributed by atoms with Gasteiger partial charge >= 0.3 is 6.18 Å². The maximum Gasteiger partial charge on any atom is 0.421 e. The minimum absolute atomic E-state index is 0.0797. The van der Waals surface area contributed by atoms with Crippen LogP contribution >= 0.6 is 0 Å². The van der Waals surface area contributed by atoms with E-state index in [9.17, 15) is 18.0 Å². The van der Waals surface area contributed by atoms with Gasteiger partial charge in [0.2, 0.25) is 12.0 Å². The number of para-hydroxylation sites is 2. The van der Waals surface area contributed by atoms with Crippen LogP contribution in [0.15, 0.2) is 42.6 Å². The van der Waals surface area contributed by atoms with Gasteiger partial charge in [-0.2, -0.15) is 13.2 Å². The van der Waals surface area contributed by atoms with Crippen molar-refractivity contribution >= 4 is 5.91 Å². The summed E-state index contributed by atoms with van der Waals surface area (Å²) in [6.07, 6.45) is -4.66. The smallest absolute Gasteiger partial charge is 0.421 e. The van der Waals surface area contributed by atoms with Crippen LogP contribution in [-0.2, 0) is 11.0 Å². The van der Waals surface area contributed by atoms with E-state index in [-0.39, 0.29) is 25.6 Å². The summed E-state index contributed by atoms with van der Waals surface area (Å²) < 4.78 is 55.4. The number of ether oxygens (including phenoxy) is 3. The fraction of sp³-hybridized carbons (Fsp3) is 0.333. The van der Waals surface area contributed by atoms with E-state index in [1.807, 2.05) is 0 Å². The van der Waals surface area contributed by atoms with Crippen molar-refractivity contribution in [1.82, 2.24) is 9.88 Å². The fourth-order valence-electron chi connectivity index (χ4n) is 2.90. The maximum absolute atomic E-state index is 13.0. The summed E-state index contributed by atoms with van der Waals surface area (Å²) in [6, 6.07) is 9.13. The minimum atomic E-state index is -4.55. The van der Waals surface area contributed by atoms with Gasteiger partial charge in [0, 0.05) is 6.20 Å². The van der Waals surface area contributed by atoms with Crippen molar-refractivity contribution in [2.24, 2.45) is 0 Å². The molecule has 0 radical (unpaired) electrons. The molecular weight excluding hydrogens is 365 g/mol. The number of fused-ring (bicyclic) bond motifs is 1. The molecule has 1 saturated heterocycles. The van der Waals surface area contributed by atoms with Gasteiger partial charge in [0.05, 0.1) is 13.1 Å². The molecule has 0 N–H and O–H groups in total. The van der Waals surface area contributed by atoms with Crippen LogP contribution in [0.5, 0.6) is 17.4 Å². The number of carbonyl (C=O) groups is 1. The first-order valence-electron chi connectivity index (χ1n) is 8.28. The number of alkyl halides is 3. The van der Waals surface area contributed by atoms with Crippen LogP contribution in [0.1, 0.15) is 5.56 Å². The summed E-state index contributed by atoms with van der Waals surface area (Å²) in [5.74, 6) is 0.287. The van der Waals surface area contributed by atoms with Gasteiger partial charge in [0.1, 0.15) is 18.3 Å². The third-order valence-electron chi connectivity index (χ3n) is 4.30. The molecule has 0 aliphatic carbocycles. The highest BCUT2D eigenvalue weighted by Crippen LogP contribution is 2.36. The first-order valence-corrected chi connectivity index (χ1v) is 8.28. The summed E-state index contributed by atoms with van der Waals surface area (Å²) in [4.78, 5) is 17.6. The molecular formula is C18H15F3N2O4. The van der Waals surface area contributed by atoms with Crippen LogP contribution in [-0.4, -0.2) is 47.7 Å². The van der Waals surface area contributed by atoms with Crippen molar-refractivity contribution in [3.05, 3.63) is 48.2 Å². The molecule has 1 atom stereocenters. The van der Waals surface area contributed by atoms with E-state index in [2.05, 4.69) is 4.98 Å². The average molecular weight is 380 g/mol. The number of aromatic nitrogens is 1. The van der Waals surface area contributed by atoms with Gasteiger partial charge in [0.25, 0.3) is 5.91 Å². The standard InChI is InChI=1S/C18H15F3N2O4/c19-18(20,21)12-4-3-7-22-16(12)26-11-8-23(9-11)17(24)15-10-25-13-5-1-2-6-14(13)27-15/h1-7,11,15H,8-10H2. The molecule has 0 saturated carbocycles. The number of carbonyl (C=O) groups excluding carboxylic acids is 1. The lowest BCUT2D eigenvalue weighted by Gasteiger charge is -2.41. The molecule has 1 aromatic carbocycles. The highest BCUT2D eigenvalue weighted by atomic mass is 19.4. The van der Waals surface area contributed by atoms with E-state index in [1.165, 1.54) is 17.2 Å². The van der Waals surface area contributed by atoms with Crippen LogP contribution in [0.4, 0.5) is 13.2 Å². The zero-order chi connectivity index (χ0) is 19.0. The maximum atomic E-state index is 13.0. The quantitative estimate of drug-likeness (QED) is 0.819. The Morgan fingerprint density at radius 3 is 2.63 bits per heavy atom. The Bertz CT molecular complexity index is 852. The predicted octanol–water partition coefficient (Wildman–Crippen LogP) is 2.53. The number of hydrogen-bond acceptors (Lipinski definition) is 5. The van der Waals surface area contributed by atoms with Crippen LogP contribution in [0.25, 0.3) is 0 Å². The number of benzene rings is 1. The second-order valence-corrected chi connectivity index (χ2v) is 6.20. The van der Waals surface area contributed by atoms with Crippen molar-refractivity contribution in [2.45, 2.75) is 18.4 Å². The van der Waals surface area contributed by atoms with Crippen LogP contribution < -0.4 is 14.2 Å². The lowest BCUT2D eigenvalue weighted by Crippen LogP contribution is -2.60. The second-order valence-electron chi connectivity index (χ2n) is 6.20. The summed E-state index contributed by atoms with van der Waals surface area (Å²) in [5, 5.41) is 0. The predicted molar refractivity (Wildman–Crippen MR) is 86.6 cm³/mol. The Balaban J connectivity index is 1.35. The van der Waals surface area contributed by atoms with E-state index in [1.54, 1.807) is 24.3 Å². The Morgan fingerprint density at radius 1 is 1.15 bits per heavy atom. The molecule has 6 nitrogen and oxygen atoms in total. The molecule has 1 fully saturated rings. The number of nitrogens with zero attached hydrogens (tertiary/aromatic N) is 2. The zero-order valence-corrected chi connectivity index (χ0v) is 14.0. The highest BCUT2D eigenvalue weighted by Gasteiger charge is 2.41. The molecule has 27 heavy (non-hydrogen) atoms. The molecule has 3 heterocycles. The number of hydrogen-bond donors (Lipinski definition) is 0. The van der Waals surface area contributed by atoms with E-state index in [0.29, 0.717) is 11.5 Å². The van der Waals surface area contributed by atoms with E-state index in [4.69, 9.17) is 14.2 Å². The Labute approximate surface area is 152 Å². The largest absolute Gasteiger partial charge is 0.485 e. The van der Waals surface area contributed by atoms with Gasteiger partial charge in [-0.05, 0) is 24.3 Å². The number of amides is 1. The first kappa shape index (κ1) is 17.4. The molecule has 1 aromatic heterocycles. The van der Waals surface area contributed by atoms with Crippen molar-refractivity contribution in [3.63, 3.8) is 0 Å². The van der Waals surface area contributed by atoms with Crippen LogP contribution in [0.2, 0.25) is 0 Å². The van der Waals surface area contributed by atoms with E-state index < -0.39 is 29.8 Å². The molecule has 2 aromatic rings. The Hall–Kier alpha value is -2.97. The van der Waals surface area contributed by atoms with Gasteiger partial charge in [-0.1, -0.05) is 12.1 Å². The van der Waals surface area contributed by atoms with Crippen molar-refractivity contribution in [1.29, 1.82) is 0 Å². The topological polar surface area (TPSA) is 60.9 Å². The molecule has 0 spiro atoms. The third-order valence-corrected chi connectivity index (χ3v) is 4.30. The molecule has 2 aliphatic rings. The third kappa shape index (κ3) is 3.49. The molecule has 1 amide bonds. The van der Waals surface area contributed by atoms with Crippen molar-refractivity contribution < 1.29 is 32.2 Å². The average Bonchev–Trinajstić information content (AvgIpc) is 2.63. The first-order chi connectivity index (χ1) is 12.9. The number of likely N-dealkylation sites (tertiary alicyclic amines) is 1. The van der Waals surface area contributed by atoms with Gasteiger partial charge < -0.3 is 19.1 Å². The highest BCUT2D eigenvalue weighted by molar-refractivity contribution is 5.82. The summed E-state index contributed by atoms with van der Waals surface area (Å²) >= 11 is 0. The van der Waals surface area contributed by atoms with Crippen LogP contribution in [0.3, 0.4) is 0 Å². The van der Waals surface area contributed by atoms with Crippen molar-refractivity contribution in [2.75, 3.05) is 19.7 Å². The summed E-state index contributed by atoms with van der Waals surface area (Å²) in [5.41, 5.74) is -0.935. The second kappa shape index (κ2) is 6.64. The summed E-state index contributed by atoms with van der Waals surface area (Å²) in [6.45, 7) is 0.402. The van der Waals surface area contributed by atoms with Gasteiger partial charge in [-0.15, -0.1) is 0 Å². The number of halogens is 3. The molecule has 142 valence electrons. The SMILES string of the molecule is O=C(C1COc2ccccc2O1)N1CC(Oc2ncccc2C(F)(F)F)C1. The molecule has 2 aliphatic heterocycles. The zero-order valence-electron chi connectivity index (χ0n) is 14.0. The minimum Gasteiger partial charge on any atom is -0.485 e. The molecule has 0 bridgehead atoms. The Kier molecular flexibility index (Phi) is 4.29. The normalized spacial score (nSPS) is 19.4. The molecule has 9 heteroatoms. The molecule has 4 rings (SSSR count). The lowest BCUT2D eigenvalue weighted by atomic mass is 10.1. The molecule has 1 unspecified atom stereocenters. The van der Waals surface area contributed by atoms with E-state index in [0.717, 1.165) is 6.07 Å². The number of pyridine rings is 1. The number of rotatable bonds is 3. The Morgan fingerprint density at radius 2 is 1.89 bits per heavy atom. The van der Waals surface area contributed by atoms with Gasteiger partial charge in [0.15, 0.2) is 11.5 Å². The van der Waals surface area contributed by atoms with E-state index >= 15 is 0 Å². The monoisotopic (exact) mass is 380 g/mol.